The fourth-order valence-corrected chi connectivity index (χ4v) is 5.46. The standard InChI is InChI=1S/C23H21F2N3O5/c24-11-1-4-15(16(25)7-11)23(5-6-23)26-21(31)14-9-27-10-17-28(12-2-3-13(8-12)33-17)22(32)18(27)20(30)19(14)29/h1,4,7,9,12-13,17,30H,2-3,5-6,8,10H2,(H,26,31)/t12?,13-,17?/m1/s1. The number of fused-ring (bicyclic) bond motifs is 5. The average Bonchev–Trinajstić information content (AvgIpc) is 3.44. The van der Waals surface area contributed by atoms with E-state index < -0.39 is 46.4 Å². The molecule has 3 fully saturated rings. The second-order valence-electron chi connectivity index (χ2n) is 9.27. The Morgan fingerprint density at radius 2 is 2.00 bits per heavy atom. The lowest BCUT2D eigenvalue weighted by molar-refractivity contribution is -0.132. The van der Waals surface area contributed by atoms with Crippen molar-refractivity contribution in [3.8, 4) is 5.75 Å². The van der Waals surface area contributed by atoms with Gasteiger partial charge in [0.2, 0.25) is 5.43 Å². The molecule has 0 spiro atoms. The molecule has 6 rings (SSSR count). The maximum Gasteiger partial charge on any atom is 0.276 e. The number of hydrogen-bond acceptors (Lipinski definition) is 5. The molecule has 172 valence electrons. The molecule has 33 heavy (non-hydrogen) atoms. The van der Waals surface area contributed by atoms with Crippen LogP contribution in [0.5, 0.6) is 5.75 Å². The lowest BCUT2D eigenvalue weighted by atomic mass is 10.0. The molecule has 1 aromatic carbocycles. The summed E-state index contributed by atoms with van der Waals surface area (Å²) in [5.41, 5.74) is -2.40. The lowest BCUT2D eigenvalue weighted by Gasteiger charge is -2.44. The van der Waals surface area contributed by atoms with Crippen LogP contribution in [0.4, 0.5) is 8.78 Å². The minimum absolute atomic E-state index is 0.00723. The van der Waals surface area contributed by atoms with Crippen LogP contribution in [0.3, 0.4) is 0 Å². The summed E-state index contributed by atoms with van der Waals surface area (Å²) in [7, 11) is 0. The van der Waals surface area contributed by atoms with E-state index in [4.69, 9.17) is 4.74 Å². The zero-order valence-electron chi connectivity index (χ0n) is 17.5. The predicted molar refractivity (Wildman–Crippen MR) is 110 cm³/mol. The lowest BCUT2D eigenvalue weighted by Crippen LogP contribution is -2.57. The summed E-state index contributed by atoms with van der Waals surface area (Å²) in [6, 6.07) is 3.14. The number of halogens is 2. The molecule has 3 heterocycles. The summed E-state index contributed by atoms with van der Waals surface area (Å²) in [6.45, 7) is 0.180. The molecule has 2 aromatic rings. The van der Waals surface area contributed by atoms with E-state index in [9.17, 15) is 28.3 Å². The number of carbonyl (C=O) groups excluding carboxylic acids is 2. The van der Waals surface area contributed by atoms with Crippen LogP contribution < -0.4 is 10.7 Å². The van der Waals surface area contributed by atoms with Crippen LogP contribution in [0.1, 0.15) is 58.5 Å². The molecule has 3 atom stereocenters. The Balaban J connectivity index is 1.34. The van der Waals surface area contributed by atoms with Crippen LogP contribution >= 0.6 is 0 Å². The van der Waals surface area contributed by atoms with E-state index in [-0.39, 0.29) is 35.5 Å². The molecule has 2 aliphatic carbocycles. The number of ether oxygens (including phenoxy) is 1. The van der Waals surface area contributed by atoms with Gasteiger partial charge in [0.15, 0.2) is 17.7 Å². The van der Waals surface area contributed by atoms with Gasteiger partial charge in [0.25, 0.3) is 11.8 Å². The maximum atomic E-state index is 14.3. The molecule has 2 bridgehead atoms. The summed E-state index contributed by atoms with van der Waals surface area (Å²) in [5, 5.41) is 13.3. The summed E-state index contributed by atoms with van der Waals surface area (Å²) in [4.78, 5) is 40.6. The van der Waals surface area contributed by atoms with E-state index >= 15 is 0 Å². The van der Waals surface area contributed by atoms with Crippen LogP contribution in [-0.2, 0) is 16.8 Å². The van der Waals surface area contributed by atoms with Crippen molar-refractivity contribution in [3.63, 3.8) is 0 Å². The first-order valence-electron chi connectivity index (χ1n) is 11.0. The zero-order valence-corrected chi connectivity index (χ0v) is 17.5. The van der Waals surface area contributed by atoms with Gasteiger partial charge in [-0.1, -0.05) is 6.07 Å². The van der Waals surface area contributed by atoms with E-state index in [0.29, 0.717) is 12.8 Å². The van der Waals surface area contributed by atoms with Crippen molar-refractivity contribution in [2.75, 3.05) is 0 Å². The quantitative estimate of drug-likeness (QED) is 0.734. The topological polar surface area (TPSA) is 101 Å². The molecule has 0 radical (unpaired) electrons. The first kappa shape index (κ1) is 20.3. The molecule has 2 aliphatic heterocycles. The van der Waals surface area contributed by atoms with Crippen LogP contribution in [0.25, 0.3) is 0 Å². The second-order valence-corrected chi connectivity index (χ2v) is 9.27. The van der Waals surface area contributed by atoms with Gasteiger partial charge in [-0.3, -0.25) is 14.4 Å². The highest BCUT2D eigenvalue weighted by Gasteiger charge is 2.49. The monoisotopic (exact) mass is 457 g/mol. The summed E-state index contributed by atoms with van der Waals surface area (Å²) >= 11 is 0. The molecule has 8 nitrogen and oxygen atoms in total. The highest BCUT2D eigenvalue weighted by Crippen LogP contribution is 2.47. The van der Waals surface area contributed by atoms with Crippen LogP contribution in [0.15, 0.2) is 29.2 Å². The third-order valence-electron chi connectivity index (χ3n) is 7.25. The van der Waals surface area contributed by atoms with Crippen molar-refractivity contribution >= 4 is 11.8 Å². The van der Waals surface area contributed by atoms with Gasteiger partial charge in [-0.05, 0) is 38.2 Å². The highest BCUT2D eigenvalue weighted by molar-refractivity contribution is 5.99. The molecule has 4 aliphatic rings. The Morgan fingerprint density at radius 1 is 1.21 bits per heavy atom. The number of pyridine rings is 1. The van der Waals surface area contributed by atoms with Gasteiger partial charge in [0, 0.05) is 23.9 Å². The fraction of sp³-hybridized carbons (Fsp3) is 0.435. The number of nitrogens with one attached hydrogen (secondary N) is 1. The molecule has 2 amide bonds. The molecule has 2 N–H and O–H groups in total. The van der Waals surface area contributed by atoms with Crippen molar-refractivity contribution < 1.29 is 28.2 Å². The first-order chi connectivity index (χ1) is 15.8. The number of aromatic hydroxyl groups is 1. The van der Waals surface area contributed by atoms with Crippen molar-refractivity contribution in [1.82, 2.24) is 14.8 Å². The van der Waals surface area contributed by atoms with Crippen LogP contribution in [-0.4, -0.2) is 44.8 Å². The van der Waals surface area contributed by atoms with Crippen molar-refractivity contribution in [2.45, 2.75) is 62.6 Å². The summed E-state index contributed by atoms with van der Waals surface area (Å²) in [5.74, 6) is -3.60. The maximum absolute atomic E-state index is 14.3. The Labute approximate surface area is 186 Å². The molecular formula is C23H21F2N3O5. The van der Waals surface area contributed by atoms with Crippen molar-refractivity contribution in [3.05, 3.63) is 63.1 Å². The van der Waals surface area contributed by atoms with E-state index in [1.165, 1.54) is 16.8 Å². The second kappa shape index (κ2) is 6.86. The molecular weight excluding hydrogens is 436 g/mol. The smallest absolute Gasteiger partial charge is 0.276 e. The number of rotatable bonds is 3. The first-order valence-corrected chi connectivity index (χ1v) is 11.0. The molecule has 2 saturated carbocycles. The average molecular weight is 457 g/mol. The molecule has 10 heteroatoms. The van der Waals surface area contributed by atoms with Gasteiger partial charge in [-0.2, -0.15) is 0 Å². The predicted octanol–water partition coefficient (Wildman–Crippen LogP) is 1.98. The normalized spacial score (nSPS) is 26.5. The molecule has 2 unspecified atom stereocenters. The largest absolute Gasteiger partial charge is 0.503 e. The Bertz CT molecular complexity index is 1270. The van der Waals surface area contributed by atoms with Gasteiger partial charge >= 0.3 is 0 Å². The van der Waals surface area contributed by atoms with Crippen molar-refractivity contribution in [2.24, 2.45) is 0 Å². The highest BCUT2D eigenvalue weighted by atomic mass is 19.1. The minimum Gasteiger partial charge on any atom is -0.503 e. The van der Waals surface area contributed by atoms with Gasteiger partial charge in [-0.15, -0.1) is 0 Å². The SMILES string of the molecule is O=C(NC1(c2ccc(F)cc2F)CC1)c1cn2c(c(O)c1=O)C(=O)N1C3CC[C@H](C3)OC1C2. The van der Waals surface area contributed by atoms with Crippen LogP contribution in [0, 0.1) is 11.6 Å². The van der Waals surface area contributed by atoms with E-state index in [2.05, 4.69) is 5.32 Å². The van der Waals surface area contributed by atoms with Crippen molar-refractivity contribution in [1.29, 1.82) is 0 Å². The van der Waals surface area contributed by atoms with Gasteiger partial charge in [0.05, 0.1) is 18.2 Å². The van der Waals surface area contributed by atoms with Gasteiger partial charge in [-0.25, -0.2) is 8.78 Å². The third kappa shape index (κ3) is 3.00. The number of aromatic nitrogens is 1. The number of nitrogens with zero attached hydrogens (tertiary/aromatic N) is 2. The summed E-state index contributed by atoms with van der Waals surface area (Å²) < 4.78 is 35.0. The minimum atomic E-state index is -1.05. The number of amides is 2. The Hall–Kier alpha value is -3.27. The van der Waals surface area contributed by atoms with Crippen LogP contribution in [0.2, 0.25) is 0 Å². The molecule has 1 aromatic heterocycles. The zero-order chi connectivity index (χ0) is 23.1. The Morgan fingerprint density at radius 3 is 2.73 bits per heavy atom. The van der Waals surface area contributed by atoms with Gasteiger partial charge in [0.1, 0.15) is 17.2 Å². The molecule has 1 saturated heterocycles. The van der Waals surface area contributed by atoms with E-state index in [1.807, 2.05) is 0 Å². The summed E-state index contributed by atoms with van der Waals surface area (Å²) in [6.07, 6.45) is 4.02. The Kier molecular flexibility index (Phi) is 4.23. The third-order valence-corrected chi connectivity index (χ3v) is 7.25. The number of hydrogen-bond donors (Lipinski definition) is 2. The van der Waals surface area contributed by atoms with E-state index in [0.717, 1.165) is 31.4 Å². The number of benzene rings is 1. The van der Waals surface area contributed by atoms with Gasteiger partial charge < -0.3 is 24.6 Å². The van der Waals surface area contributed by atoms with E-state index in [1.54, 1.807) is 4.90 Å². The number of carbonyl (C=O) groups is 2. The fourth-order valence-electron chi connectivity index (χ4n) is 5.46.